The van der Waals surface area contributed by atoms with E-state index in [9.17, 15) is 13.2 Å². The molecule has 0 aliphatic rings. The van der Waals surface area contributed by atoms with Crippen molar-refractivity contribution in [3.63, 3.8) is 0 Å². The van der Waals surface area contributed by atoms with Gasteiger partial charge in [0.1, 0.15) is 0 Å². The summed E-state index contributed by atoms with van der Waals surface area (Å²) in [6, 6.07) is 4.10. The first-order valence-corrected chi connectivity index (χ1v) is 6.67. The highest BCUT2D eigenvalue weighted by atomic mass is 35.5. The van der Waals surface area contributed by atoms with Gasteiger partial charge in [-0.05, 0) is 24.6 Å². The normalized spacial score (nSPS) is 11.2. The molecule has 1 rings (SSSR count). The molecule has 0 saturated carbocycles. The first-order chi connectivity index (χ1) is 7.75. The Morgan fingerprint density at radius 1 is 1.47 bits per heavy atom. The molecule has 0 spiro atoms. The fraction of sp³-hybridized carbons (Fsp3) is 0.182. The van der Waals surface area contributed by atoms with E-state index < -0.39 is 21.6 Å². The van der Waals surface area contributed by atoms with Gasteiger partial charge in [-0.2, -0.15) is 0 Å². The van der Waals surface area contributed by atoms with Crippen molar-refractivity contribution in [1.29, 1.82) is 0 Å². The van der Waals surface area contributed by atoms with E-state index in [0.29, 0.717) is 0 Å². The number of carbonyl (C=O) groups is 1. The topological polar surface area (TPSA) is 71.4 Å². The van der Waals surface area contributed by atoms with Gasteiger partial charge in [0.05, 0.1) is 16.2 Å². The van der Waals surface area contributed by atoms with Gasteiger partial charge >= 0.3 is 5.97 Å². The van der Waals surface area contributed by atoms with Crippen LogP contribution >= 0.6 is 11.6 Å². The van der Waals surface area contributed by atoms with Crippen LogP contribution in [0, 0.1) is 6.92 Å². The van der Waals surface area contributed by atoms with Crippen molar-refractivity contribution >= 4 is 27.4 Å². The summed E-state index contributed by atoms with van der Waals surface area (Å²) >= 11 is 5.48. The number of benzene rings is 1. The Hall–Kier alpha value is -1.33. The molecule has 0 aliphatic heterocycles. The summed E-state index contributed by atoms with van der Waals surface area (Å²) < 4.78 is 23.8. The number of sulfone groups is 1. The molecule has 0 fully saturated rings. The summed E-state index contributed by atoms with van der Waals surface area (Å²) in [5.74, 6) is -1.57. The minimum absolute atomic E-state index is 0.00914. The fourth-order valence-electron chi connectivity index (χ4n) is 1.47. The molecular weight excluding hydrogens is 264 g/mol. The lowest BCUT2D eigenvalue weighted by Crippen LogP contribution is -2.11. The van der Waals surface area contributed by atoms with E-state index in [2.05, 4.69) is 6.58 Å². The maximum absolute atomic E-state index is 11.9. The zero-order valence-corrected chi connectivity index (χ0v) is 10.7. The molecule has 1 aromatic rings. The van der Waals surface area contributed by atoms with Crippen molar-refractivity contribution in [2.24, 2.45) is 0 Å². The van der Waals surface area contributed by atoms with Gasteiger partial charge in [-0.15, -0.1) is 0 Å². The summed E-state index contributed by atoms with van der Waals surface area (Å²) in [5, 5.41) is 8.89. The van der Waals surface area contributed by atoms with Gasteiger partial charge in [-0.1, -0.05) is 24.2 Å². The lowest BCUT2D eigenvalue weighted by Gasteiger charge is -2.09. The molecule has 0 aliphatic carbocycles. The van der Waals surface area contributed by atoms with Crippen molar-refractivity contribution in [2.45, 2.75) is 11.8 Å². The number of halogens is 1. The first-order valence-electron chi connectivity index (χ1n) is 4.64. The molecule has 0 bridgehead atoms. The average Bonchev–Trinajstić information content (AvgIpc) is 2.14. The van der Waals surface area contributed by atoms with E-state index in [1.54, 1.807) is 0 Å². The smallest absolute Gasteiger partial charge is 0.335 e. The van der Waals surface area contributed by atoms with E-state index in [0.717, 1.165) is 0 Å². The first kappa shape index (κ1) is 13.7. The van der Waals surface area contributed by atoms with Crippen molar-refractivity contribution in [1.82, 2.24) is 0 Å². The van der Waals surface area contributed by atoms with Gasteiger partial charge in [-0.25, -0.2) is 13.2 Å². The third-order valence-corrected chi connectivity index (χ3v) is 4.33. The maximum Gasteiger partial charge on any atom is 0.335 e. The molecule has 0 amide bonds. The van der Waals surface area contributed by atoms with Crippen molar-refractivity contribution in [3.05, 3.63) is 40.9 Å². The van der Waals surface area contributed by atoms with Crippen LogP contribution in [0.2, 0.25) is 0 Å². The van der Waals surface area contributed by atoms with Gasteiger partial charge in [0.25, 0.3) is 0 Å². The quantitative estimate of drug-likeness (QED) is 0.914. The van der Waals surface area contributed by atoms with Crippen LogP contribution in [0.25, 0.3) is 0 Å². The van der Waals surface area contributed by atoms with E-state index in [-0.39, 0.29) is 21.1 Å². The van der Waals surface area contributed by atoms with E-state index >= 15 is 0 Å². The van der Waals surface area contributed by atoms with Crippen LogP contribution in [0.15, 0.2) is 34.7 Å². The van der Waals surface area contributed by atoms with E-state index in [4.69, 9.17) is 16.7 Å². The predicted octanol–water partition coefficient (Wildman–Crippen LogP) is 2.22. The third kappa shape index (κ3) is 3.08. The van der Waals surface area contributed by atoms with Crippen LogP contribution in [0.4, 0.5) is 0 Å². The molecule has 4 nitrogen and oxygen atoms in total. The van der Waals surface area contributed by atoms with Crippen molar-refractivity contribution < 1.29 is 18.3 Å². The Balaban J connectivity index is 3.38. The van der Waals surface area contributed by atoms with Crippen LogP contribution in [0.5, 0.6) is 0 Å². The highest BCUT2D eigenvalue weighted by molar-refractivity contribution is 7.91. The second-order valence-corrected chi connectivity index (χ2v) is 6.00. The maximum atomic E-state index is 11.9. The Labute approximate surface area is 104 Å². The minimum atomic E-state index is -3.64. The van der Waals surface area contributed by atoms with Gasteiger partial charge in [0, 0.05) is 5.03 Å². The monoisotopic (exact) mass is 274 g/mol. The van der Waals surface area contributed by atoms with E-state index in [1.807, 2.05) is 0 Å². The molecule has 1 N–H and O–H groups in total. The van der Waals surface area contributed by atoms with Crippen LogP contribution in [-0.2, 0) is 9.84 Å². The minimum Gasteiger partial charge on any atom is -0.478 e. The third-order valence-electron chi connectivity index (χ3n) is 2.20. The van der Waals surface area contributed by atoms with Crippen molar-refractivity contribution in [3.8, 4) is 0 Å². The molecular formula is C11H11ClO4S. The largest absolute Gasteiger partial charge is 0.478 e. The molecule has 6 heteroatoms. The number of hydrogen-bond donors (Lipinski definition) is 1. The summed E-state index contributed by atoms with van der Waals surface area (Å²) in [6.45, 7) is 4.77. The highest BCUT2D eigenvalue weighted by Crippen LogP contribution is 2.22. The number of rotatable bonds is 4. The van der Waals surface area contributed by atoms with E-state index in [1.165, 1.54) is 25.1 Å². The van der Waals surface area contributed by atoms with Gasteiger partial charge in [-0.3, -0.25) is 0 Å². The highest BCUT2D eigenvalue weighted by Gasteiger charge is 2.21. The van der Waals surface area contributed by atoms with Crippen LogP contribution in [-0.4, -0.2) is 25.2 Å². The number of carboxylic acid groups (broad SMARTS) is 1. The standard InChI is InChI=1S/C11H11ClO4S/c1-7(12)6-17(15,16)10-5-3-4-9(8(10)2)11(13)14/h3-5H,1,6H2,2H3,(H,13,14). The molecule has 0 atom stereocenters. The zero-order valence-electron chi connectivity index (χ0n) is 9.10. The summed E-state index contributed by atoms with van der Waals surface area (Å²) in [4.78, 5) is 10.9. The predicted molar refractivity (Wildman–Crippen MR) is 65.2 cm³/mol. The lowest BCUT2D eigenvalue weighted by molar-refractivity contribution is 0.0696. The molecule has 0 saturated heterocycles. The van der Waals surface area contributed by atoms with Gasteiger partial charge in [0.15, 0.2) is 9.84 Å². The second kappa shape index (κ2) is 4.89. The number of aromatic carboxylic acids is 1. The molecule has 0 heterocycles. The summed E-state index contributed by atoms with van der Waals surface area (Å²) in [5.41, 5.74) is 0.171. The molecule has 1 aromatic carbocycles. The number of carboxylic acids is 1. The van der Waals surface area contributed by atoms with Gasteiger partial charge in [0.2, 0.25) is 0 Å². The fourth-order valence-corrected chi connectivity index (χ4v) is 3.33. The Kier molecular flexibility index (Phi) is 3.95. The molecule has 0 radical (unpaired) electrons. The van der Waals surface area contributed by atoms with Crippen molar-refractivity contribution in [2.75, 3.05) is 5.75 Å². The molecule has 0 unspecified atom stereocenters. The SMILES string of the molecule is C=C(Cl)CS(=O)(=O)c1cccc(C(=O)O)c1C. The molecule has 0 aromatic heterocycles. The Morgan fingerprint density at radius 3 is 2.53 bits per heavy atom. The number of hydrogen-bond acceptors (Lipinski definition) is 3. The van der Waals surface area contributed by atoms with Gasteiger partial charge < -0.3 is 5.11 Å². The molecule has 92 valence electrons. The Bertz CT molecular complexity index is 575. The summed E-state index contributed by atoms with van der Waals surface area (Å²) in [6.07, 6.45) is 0. The van der Waals surface area contributed by atoms with Crippen LogP contribution < -0.4 is 0 Å². The average molecular weight is 275 g/mol. The Morgan fingerprint density at radius 2 is 2.06 bits per heavy atom. The summed E-state index contributed by atoms with van der Waals surface area (Å²) in [7, 11) is -3.64. The second-order valence-electron chi connectivity index (χ2n) is 3.51. The van der Waals surface area contributed by atoms with Crippen LogP contribution in [0.1, 0.15) is 15.9 Å². The van der Waals surface area contributed by atoms with Crippen LogP contribution in [0.3, 0.4) is 0 Å². The molecule has 17 heavy (non-hydrogen) atoms. The zero-order chi connectivity index (χ0) is 13.2. The lowest BCUT2D eigenvalue weighted by atomic mass is 10.1.